The molecule has 6 nitrogen and oxygen atoms in total. The molecule has 7 heteroatoms. The first-order valence-corrected chi connectivity index (χ1v) is 9.73. The maximum Gasteiger partial charge on any atom is 0.407 e. The summed E-state index contributed by atoms with van der Waals surface area (Å²) in [5.74, 6) is -0.119. The first kappa shape index (κ1) is 18.2. The molecule has 0 radical (unpaired) electrons. The molecule has 2 saturated heterocycles. The quantitative estimate of drug-likeness (QED) is 0.882. The number of likely N-dealkylation sites (tertiary alicyclic amines) is 1. The van der Waals surface area contributed by atoms with Crippen molar-refractivity contribution in [2.24, 2.45) is 0 Å². The number of aryl methyl sites for hydroxylation is 1. The van der Waals surface area contributed by atoms with Crippen LogP contribution in [0.15, 0.2) is 18.2 Å². The Morgan fingerprint density at radius 1 is 1.15 bits per heavy atom. The highest BCUT2D eigenvalue weighted by molar-refractivity contribution is 5.79. The van der Waals surface area contributed by atoms with Crippen LogP contribution in [0.1, 0.15) is 42.9 Å². The molecule has 1 aliphatic carbocycles. The van der Waals surface area contributed by atoms with Crippen LogP contribution in [0.3, 0.4) is 0 Å². The van der Waals surface area contributed by atoms with Crippen molar-refractivity contribution in [2.75, 3.05) is 26.2 Å². The molecule has 27 heavy (non-hydrogen) atoms. The zero-order chi connectivity index (χ0) is 19.1. The molecule has 1 saturated carbocycles. The molecule has 3 fully saturated rings. The lowest BCUT2D eigenvalue weighted by Gasteiger charge is -2.45. The fraction of sp³-hybridized carbons (Fsp3) is 0.600. The Morgan fingerprint density at radius 3 is 2.56 bits per heavy atom. The first-order chi connectivity index (χ1) is 12.9. The summed E-state index contributed by atoms with van der Waals surface area (Å²) in [6.07, 6.45) is 2.65. The van der Waals surface area contributed by atoms with Crippen molar-refractivity contribution in [3.8, 4) is 0 Å². The fourth-order valence-corrected chi connectivity index (χ4v) is 4.60. The number of piperazine rings is 1. The molecule has 2 amide bonds. The lowest BCUT2D eigenvalue weighted by molar-refractivity contribution is -0.138. The largest absolute Gasteiger partial charge is 0.465 e. The van der Waals surface area contributed by atoms with Gasteiger partial charge in [-0.05, 0) is 55.9 Å². The van der Waals surface area contributed by atoms with Gasteiger partial charge in [-0.25, -0.2) is 9.18 Å². The van der Waals surface area contributed by atoms with E-state index in [2.05, 4.69) is 4.90 Å². The van der Waals surface area contributed by atoms with Crippen LogP contribution in [-0.2, 0) is 4.79 Å². The van der Waals surface area contributed by atoms with Crippen molar-refractivity contribution in [2.45, 2.75) is 50.7 Å². The van der Waals surface area contributed by atoms with E-state index in [-0.39, 0.29) is 23.8 Å². The summed E-state index contributed by atoms with van der Waals surface area (Å²) >= 11 is 0. The summed E-state index contributed by atoms with van der Waals surface area (Å²) in [6, 6.07) is 4.85. The Labute approximate surface area is 158 Å². The molecule has 2 atom stereocenters. The van der Waals surface area contributed by atoms with Crippen molar-refractivity contribution in [3.05, 3.63) is 35.1 Å². The van der Waals surface area contributed by atoms with Crippen molar-refractivity contribution >= 4 is 12.0 Å². The van der Waals surface area contributed by atoms with Crippen molar-refractivity contribution in [1.82, 2.24) is 14.7 Å². The van der Waals surface area contributed by atoms with Crippen molar-refractivity contribution in [3.63, 3.8) is 0 Å². The molecule has 4 rings (SSSR count). The second-order valence-electron chi connectivity index (χ2n) is 7.96. The van der Waals surface area contributed by atoms with Gasteiger partial charge in [-0.2, -0.15) is 0 Å². The van der Waals surface area contributed by atoms with E-state index in [0.29, 0.717) is 25.6 Å². The number of rotatable bonds is 3. The Morgan fingerprint density at radius 2 is 1.93 bits per heavy atom. The number of hydrogen-bond acceptors (Lipinski definition) is 3. The lowest BCUT2D eigenvalue weighted by Crippen LogP contribution is -2.56. The molecule has 2 heterocycles. The van der Waals surface area contributed by atoms with Gasteiger partial charge >= 0.3 is 6.09 Å². The molecule has 1 aromatic rings. The van der Waals surface area contributed by atoms with Gasteiger partial charge in [-0.15, -0.1) is 0 Å². The normalized spacial score (nSPS) is 27.1. The summed E-state index contributed by atoms with van der Waals surface area (Å²) in [4.78, 5) is 29.9. The highest BCUT2D eigenvalue weighted by Crippen LogP contribution is 2.36. The summed E-state index contributed by atoms with van der Waals surface area (Å²) in [6.45, 7) is 4.28. The van der Waals surface area contributed by atoms with E-state index in [0.717, 1.165) is 43.5 Å². The summed E-state index contributed by atoms with van der Waals surface area (Å²) in [7, 11) is 0. The second kappa shape index (κ2) is 7.11. The number of carbonyl (C=O) groups is 2. The molecule has 146 valence electrons. The van der Waals surface area contributed by atoms with Gasteiger partial charge in [-0.3, -0.25) is 9.69 Å². The summed E-state index contributed by atoms with van der Waals surface area (Å²) < 4.78 is 13.5. The first-order valence-electron chi connectivity index (χ1n) is 9.73. The van der Waals surface area contributed by atoms with Crippen LogP contribution in [0.5, 0.6) is 0 Å². The van der Waals surface area contributed by atoms with Crippen LogP contribution in [0.25, 0.3) is 0 Å². The molecule has 2 aliphatic heterocycles. The van der Waals surface area contributed by atoms with Crippen LogP contribution in [0.4, 0.5) is 9.18 Å². The minimum atomic E-state index is -0.947. The van der Waals surface area contributed by atoms with Crippen LogP contribution < -0.4 is 0 Å². The average molecular weight is 375 g/mol. The minimum Gasteiger partial charge on any atom is -0.465 e. The number of carbonyl (C=O) groups excluding carboxylic acids is 1. The number of amides is 2. The molecule has 1 aromatic carbocycles. The zero-order valence-corrected chi connectivity index (χ0v) is 15.6. The van der Waals surface area contributed by atoms with Gasteiger partial charge in [0.25, 0.3) is 0 Å². The molecule has 0 spiro atoms. The van der Waals surface area contributed by atoms with Gasteiger partial charge in [-0.1, -0.05) is 6.07 Å². The molecule has 3 aliphatic rings. The van der Waals surface area contributed by atoms with E-state index in [1.54, 1.807) is 6.07 Å². The maximum absolute atomic E-state index is 13.5. The number of hydrogen-bond donors (Lipinski definition) is 1. The predicted octanol–water partition coefficient (Wildman–Crippen LogP) is 2.62. The van der Waals surface area contributed by atoms with Gasteiger partial charge in [0.1, 0.15) is 5.82 Å². The average Bonchev–Trinajstić information content (AvgIpc) is 3.46. The predicted molar refractivity (Wildman–Crippen MR) is 97.9 cm³/mol. The van der Waals surface area contributed by atoms with Crippen LogP contribution in [0, 0.1) is 12.7 Å². The topological polar surface area (TPSA) is 64.1 Å². The fourth-order valence-electron chi connectivity index (χ4n) is 4.60. The zero-order valence-electron chi connectivity index (χ0n) is 15.6. The van der Waals surface area contributed by atoms with Gasteiger partial charge in [0.15, 0.2) is 0 Å². The van der Waals surface area contributed by atoms with E-state index < -0.39 is 6.09 Å². The third-order valence-corrected chi connectivity index (χ3v) is 6.20. The van der Waals surface area contributed by atoms with Crippen LogP contribution in [0.2, 0.25) is 0 Å². The SMILES string of the molecule is Cc1cc(F)ccc1[C@H]1C[C@H](N2CCN(C3CC3)C(=O)C2)CCN1C(=O)O. The van der Waals surface area contributed by atoms with E-state index in [1.807, 2.05) is 11.8 Å². The molecular weight excluding hydrogens is 349 g/mol. The summed E-state index contributed by atoms with van der Waals surface area (Å²) in [5, 5.41) is 9.63. The Kier molecular flexibility index (Phi) is 4.80. The molecule has 0 aromatic heterocycles. The van der Waals surface area contributed by atoms with Crippen molar-refractivity contribution in [1.29, 1.82) is 0 Å². The van der Waals surface area contributed by atoms with E-state index >= 15 is 0 Å². The van der Waals surface area contributed by atoms with Gasteiger partial charge < -0.3 is 14.9 Å². The number of halogens is 1. The van der Waals surface area contributed by atoms with E-state index in [9.17, 15) is 19.1 Å². The second-order valence-corrected chi connectivity index (χ2v) is 7.96. The number of carboxylic acid groups (broad SMARTS) is 1. The maximum atomic E-state index is 13.5. The Hall–Kier alpha value is -2.15. The van der Waals surface area contributed by atoms with Gasteiger partial charge in [0.2, 0.25) is 5.91 Å². The van der Waals surface area contributed by atoms with E-state index in [4.69, 9.17) is 0 Å². The summed E-state index contributed by atoms with van der Waals surface area (Å²) in [5.41, 5.74) is 1.62. The monoisotopic (exact) mass is 375 g/mol. The third kappa shape index (κ3) is 3.65. The molecule has 1 N–H and O–H groups in total. The standard InChI is InChI=1S/C20H26FN3O3/c1-13-10-14(21)2-5-17(13)18-11-16(6-7-24(18)20(26)27)22-8-9-23(15-3-4-15)19(25)12-22/h2,5,10,15-16,18H,3-4,6-9,11-12H2,1H3,(H,26,27)/t16-,18-/m1/s1. The van der Waals surface area contributed by atoms with Gasteiger partial charge in [0, 0.05) is 31.7 Å². The highest BCUT2D eigenvalue weighted by atomic mass is 19.1. The number of nitrogens with zero attached hydrogens (tertiary/aromatic N) is 3. The van der Waals surface area contributed by atoms with Crippen LogP contribution >= 0.6 is 0 Å². The molecular formula is C20H26FN3O3. The number of benzene rings is 1. The minimum absolute atomic E-state index is 0.167. The van der Waals surface area contributed by atoms with Crippen LogP contribution in [-0.4, -0.2) is 70.1 Å². The number of piperidine rings is 1. The van der Waals surface area contributed by atoms with Crippen molar-refractivity contribution < 1.29 is 19.1 Å². The third-order valence-electron chi connectivity index (χ3n) is 6.20. The lowest BCUT2D eigenvalue weighted by atomic mass is 9.88. The van der Waals surface area contributed by atoms with Gasteiger partial charge in [0.05, 0.1) is 12.6 Å². The Bertz CT molecular complexity index is 752. The Balaban J connectivity index is 1.51. The van der Waals surface area contributed by atoms with E-state index in [1.165, 1.54) is 17.0 Å². The molecule has 0 bridgehead atoms. The smallest absolute Gasteiger partial charge is 0.407 e. The molecule has 0 unspecified atom stereocenters. The highest BCUT2D eigenvalue weighted by Gasteiger charge is 2.40.